The van der Waals surface area contributed by atoms with Crippen LogP contribution in [0.2, 0.25) is 0 Å². The van der Waals surface area contributed by atoms with Gasteiger partial charge in [-0.1, -0.05) is 18.2 Å². The minimum absolute atomic E-state index is 0.00625. The molecule has 0 saturated heterocycles. The molecule has 1 amide bonds. The first-order chi connectivity index (χ1) is 13.3. The van der Waals surface area contributed by atoms with Crippen LogP contribution in [-0.2, 0) is 16.4 Å². The van der Waals surface area contributed by atoms with Gasteiger partial charge >= 0.3 is 6.09 Å². The normalized spacial score (nSPS) is 11.0. The molecular formula is C18H15N5O4S. The van der Waals surface area contributed by atoms with E-state index in [-0.39, 0.29) is 33.5 Å². The zero-order valence-corrected chi connectivity index (χ0v) is 15.5. The maximum absolute atomic E-state index is 13.2. The van der Waals surface area contributed by atoms with Crippen molar-refractivity contribution in [2.75, 3.05) is 7.05 Å². The van der Waals surface area contributed by atoms with Gasteiger partial charge in [-0.25, -0.2) is 22.9 Å². The van der Waals surface area contributed by atoms with Crippen molar-refractivity contribution in [1.29, 1.82) is 5.26 Å². The maximum Gasteiger partial charge on any atom is 0.407 e. The van der Waals surface area contributed by atoms with Gasteiger partial charge in [0.2, 0.25) is 9.84 Å². The molecule has 28 heavy (non-hydrogen) atoms. The second-order valence-electron chi connectivity index (χ2n) is 5.82. The number of rotatable bonds is 5. The Hall–Kier alpha value is -3.71. The van der Waals surface area contributed by atoms with E-state index in [0.717, 1.165) is 9.58 Å². The highest BCUT2D eigenvalue weighted by molar-refractivity contribution is 7.91. The lowest BCUT2D eigenvalue weighted by Gasteiger charge is -2.10. The van der Waals surface area contributed by atoms with Crippen molar-refractivity contribution < 1.29 is 18.3 Å². The molecule has 142 valence electrons. The molecule has 3 aromatic rings. The Morgan fingerprint density at radius 2 is 1.96 bits per heavy atom. The van der Waals surface area contributed by atoms with Crippen LogP contribution in [0.3, 0.4) is 0 Å². The van der Waals surface area contributed by atoms with Crippen molar-refractivity contribution in [2.24, 2.45) is 0 Å². The number of nitriles is 1. The summed E-state index contributed by atoms with van der Waals surface area (Å²) in [5.74, 6) is 0. The largest absolute Gasteiger partial charge is 0.465 e. The fourth-order valence-electron chi connectivity index (χ4n) is 2.54. The lowest BCUT2D eigenvalue weighted by Crippen LogP contribution is -2.24. The minimum atomic E-state index is -3.98. The Morgan fingerprint density at radius 1 is 1.25 bits per heavy atom. The van der Waals surface area contributed by atoms with E-state index in [0.29, 0.717) is 0 Å². The molecule has 0 aliphatic heterocycles. The summed E-state index contributed by atoms with van der Waals surface area (Å²) in [6, 6.07) is 14.1. The Balaban J connectivity index is 2.22. The van der Waals surface area contributed by atoms with Gasteiger partial charge in [-0.2, -0.15) is 10.4 Å². The Bertz CT molecular complexity index is 1170. The number of carboxylic acid groups (broad SMARTS) is 1. The molecule has 10 heteroatoms. The number of amides is 1. The van der Waals surface area contributed by atoms with Crippen molar-refractivity contribution in [2.45, 2.75) is 16.5 Å². The highest BCUT2D eigenvalue weighted by Crippen LogP contribution is 2.25. The van der Waals surface area contributed by atoms with E-state index in [2.05, 4.69) is 10.1 Å². The fourth-order valence-corrected chi connectivity index (χ4v) is 3.95. The molecule has 0 unspecified atom stereocenters. The number of aromatic nitrogens is 3. The van der Waals surface area contributed by atoms with Crippen LogP contribution >= 0.6 is 0 Å². The van der Waals surface area contributed by atoms with E-state index in [1.807, 2.05) is 6.07 Å². The number of pyridine rings is 1. The summed E-state index contributed by atoms with van der Waals surface area (Å²) in [5.41, 5.74) is 0.393. The van der Waals surface area contributed by atoms with Gasteiger partial charge in [0, 0.05) is 19.3 Å². The van der Waals surface area contributed by atoms with Crippen LogP contribution in [-0.4, -0.2) is 46.3 Å². The van der Waals surface area contributed by atoms with E-state index in [4.69, 9.17) is 5.11 Å². The van der Waals surface area contributed by atoms with E-state index in [1.54, 1.807) is 24.3 Å². The van der Waals surface area contributed by atoms with Crippen molar-refractivity contribution in [3.63, 3.8) is 0 Å². The van der Waals surface area contributed by atoms with Crippen LogP contribution in [0.15, 0.2) is 64.6 Å². The summed E-state index contributed by atoms with van der Waals surface area (Å²) in [6.07, 6.45) is 0.233. The molecule has 9 nitrogen and oxygen atoms in total. The molecule has 0 aliphatic carbocycles. The van der Waals surface area contributed by atoms with Gasteiger partial charge in [-0.15, -0.1) is 0 Å². The zero-order chi connectivity index (χ0) is 20.3. The SMILES string of the molecule is CN(Cc1cc(S(=O)(=O)c2ccccc2)n(-c2cccnc2C#N)n1)C(=O)O. The van der Waals surface area contributed by atoms with Crippen molar-refractivity contribution in [3.05, 3.63) is 66.1 Å². The molecule has 0 atom stereocenters. The third kappa shape index (κ3) is 3.56. The van der Waals surface area contributed by atoms with Crippen LogP contribution < -0.4 is 0 Å². The van der Waals surface area contributed by atoms with Crippen molar-refractivity contribution >= 4 is 15.9 Å². The molecule has 0 radical (unpaired) electrons. The minimum Gasteiger partial charge on any atom is -0.465 e. The molecule has 2 heterocycles. The summed E-state index contributed by atoms with van der Waals surface area (Å²) in [7, 11) is -2.64. The van der Waals surface area contributed by atoms with Gasteiger partial charge in [-0.05, 0) is 24.3 Å². The summed E-state index contributed by atoms with van der Waals surface area (Å²) < 4.78 is 27.4. The Labute approximate surface area is 161 Å². The topological polar surface area (TPSA) is 129 Å². The molecule has 0 saturated carbocycles. The monoisotopic (exact) mass is 397 g/mol. The van der Waals surface area contributed by atoms with Gasteiger partial charge in [0.25, 0.3) is 0 Å². The predicted octanol–water partition coefficient (Wildman–Crippen LogP) is 2.08. The molecule has 3 rings (SSSR count). The van der Waals surface area contributed by atoms with E-state index in [1.165, 1.54) is 37.5 Å². The molecule has 2 aromatic heterocycles. The first kappa shape index (κ1) is 19.1. The summed E-state index contributed by atoms with van der Waals surface area (Å²) in [4.78, 5) is 16.1. The zero-order valence-electron chi connectivity index (χ0n) is 14.7. The quantitative estimate of drug-likeness (QED) is 0.698. The third-order valence-corrected chi connectivity index (χ3v) is 5.64. The molecule has 1 N–H and O–H groups in total. The first-order valence-corrected chi connectivity index (χ1v) is 9.51. The molecular weight excluding hydrogens is 382 g/mol. The maximum atomic E-state index is 13.2. The Morgan fingerprint density at radius 3 is 2.61 bits per heavy atom. The average molecular weight is 397 g/mol. The molecule has 0 bridgehead atoms. The summed E-state index contributed by atoms with van der Waals surface area (Å²) in [5, 5.41) is 22.5. The smallest absolute Gasteiger partial charge is 0.407 e. The van der Waals surface area contributed by atoms with Crippen LogP contribution in [0, 0.1) is 11.3 Å². The second-order valence-corrected chi connectivity index (χ2v) is 7.72. The predicted molar refractivity (Wildman–Crippen MR) is 97.5 cm³/mol. The molecule has 0 spiro atoms. The highest BCUT2D eigenvalue weighted by Gasteiger charge is 2.26. The van der Waals surface area contributed by atoms with Crippen LogP contribution in [0.5, 0.6) is 0 Å². The number of carbonyl (C=O) groups is 1. The number of hydrogen-bond donors (Lipinski definition) is 1. The number of benzene rings is 1. The van der Waals surface area contributed by atoms with E-state index >= 15 is 0 Å². The fraction of sp³-hybridized carbons (Fsp3) is 0.111. The standard InChI is InChI=1S/C18H15N5O4S/c1-22(18(24)25)12-13-10-17(28(26,27)14-6-3-2-4-7-14)23(21-13)16-8-5-9-20-15(16)11-19/h2-10H,12H2,1H3,(H,24,25). The number of sulfone groups is 1. The second kappa shape index (κ2) is 7.50. The lowest BCUT2D eigenvalue weighted by atomic mass is 10.3. The van der Waals surface area contributed by atoms with Crippen LogP contribution in [0.25, 0.3) is 5.69 Å². The molecule has 0 fully saturated rings. The molecule has 0 aliphatic rings. The van der Waals surface area contributed by atoms with E-state index < -0.39 is 15.9 Å². The molecule has 1 aromatic carbocycles. The number of nitrogens with zero attached hydrogens (tertiary/aromatic N) is 5. The lowest BCUT2D eigenvalue weighted by molar-refractivity contribution is 0.153. The van der Waals surface area contributed by atoms with Crippen molar-refractivity contribution in [3.8, 4) is 11.8 Å². The first-order valence-electron chi connectivity index (χ1n) is 8.03. The van der Waals surface area contributed by atoms with Crippen molar-refractivity contribution in [1.82, 2.24) is 19.7 Å². The van der Waals surface area contributed by atoms with Gasteiger partial charge in [0.1, 0.15) is 11.8 Å². The van der Waals surface area contributed by atoms with Crippen LogP contribution in [0.1, 0.15) is 11.4 Å². The third-order valence-electron chi connectivity index (χ3n) is 3.90. The van der Waals surface area contributed by atoms with Gasteiger partial charge in [-0.3, -0.25) is 0 Å². The van der Waals surface area contributed by atoms with Gasteiger partial charge in [0.05, 0.1) is 17.1 Å². The van der Waals surface area contributed by atoms with Crippen LogP contribution in [0.4, 0.5) is 4.79 Å². The number of hydrogen-bond acceptors (Lipinski definition) is 6. The van der Waals surface area contributed by atoms with Gasteiger partial charge < -0.3 is 10.0 Å². The summed E-state index contributed by atoms with van der Waals surface area (Å²) in [6.45, 7) is -0.123. The van der Waals surface area contributed by atoms with E-state index in [9.17, 15) is 18.5 Å². The highest BCUT2D eigenvalue weighted by atomic mass is 32.2. The average Bonchev–Trinajstić information content (AvgIpc) is 3.13. The van der Waals surface area contributed by atoms with Gasteiger partial charge in [0.15, 0.2) is 10.7 Å². The Kier molecular flexibility index (Phi) is 5.10. The summed E-state index contributed by atoms with van der Waals surface area (Å²) >= 11 is 0.